The van der Waals surface area contributed by atoms with Gasteiger partial charge in [-0.15, -0.1) is 11.3 Å². The predicted molar refractivity (Wildman–Crippen MR) is 99.5 cm³/mol. The van der Waals surface area contributed by atoms with E-state index in [1.807, 2.05) is 6.07 Å². The number of sulfonamides is 1. The van der Waals surface area contributed by atoms with E-state index in [-0.39, 0.29) is 10.6 Å². The molecule has 0 radical (unpaired) electrons. The molecule has 1 aromatic carbocycles. The molecule has 0 bridgehead atoms. The van der Waals surface area contributed by atoms with Crippen molar-refractivity contribution in [2.24, 2.45) is 0 Å². The first-order chi connectivity index (χ1) is 12.8. The van der Waals surface area contributed by atoms with Gasteiger partial charge in [0.15, 0.2) is 6.61 Å². The number of rotatable bonds is 8. The summed E-state index contributed by atoms with van der Waals surface area (Å²) in [5, 5.41) is 12.8. The van der Waals surface area contributed by atoms with Gasteiger partial charge in [0, 0.05) is 12.7 Å². The van der Waals surface area contributed by atoms with Crippen LogP contribution >= 0.6 is 11.3 Å². The number of likely N-dealkylation sites (N-methyl/N-ethyl adjacent to an activating group) is 1. The average Bonchev–Trinajstić information content (AvgIpc) is 3.17. The molecule has 1 aromatic heterocycles. The topological polar surface area (TPSA) is 117 Å². The summed E-state index contributed by atoms with van der Waals surface area (Å²) < 4.78 is 30.2. The number of carbonyl (C=O) groups excluding carboxylic acids is 2. The Hall–Kier alpha value is -2.74. The fourth-order valence-corrected chi connectivity index (χ4v) is 4.33. The summed E-state index contributed by atoms with van der Waals surface area (Å²) in [5.74, 6) is -1.39. The minimum absolute atomic E-state index is 0.121. The molecule has 0 aliphatic heterocycles. The van der Waals surface area contributed by atoms with E-state index in [9.17, 15) is 18.0 Å². The Balaban J connectivity index is 1.81. The van der Waals surface area contributed by atoms with Crippen molar-refractivity contribution in [2.45, 2.75) is 10.6 Å². The molecule has 0 fully saturated rings. The van der Waals surface area contributed by atoms with Crippen LogP contribution in [0.5, 0.6) is 0 Å². The molecule has 0 atom stereocenters. The summed E-state index contributed by atoms with van der Waals surface area (Å²) in [7, 11) is -2.50. The number of benzene rings is 1. The van der Waals surface area contributed by atoms with Gasteiger partial charge in [0.05, 0.1) is 12.5 Å². The van der Waals surface area contributed by atoms with Crippen LogP contribution in [0.1, 0.15) is 5.56 Å². The van der Waals surface area contributed by atoms with Gasteiger partial charge in [-0.3, -0.25) is 9.59 Å². The molecule has 1 amide bonds. The van der Waals surface area contributed by atoms with E-state index in [1.165, 1.54) is 13.1 Å². The predicted octanol–water partition coefficient (Wildman–Crippen LogP) is 1.62. The van der Waals surface area contributed by atoms with Gasteiger partial charge in [0.2, 0.25) is 0 Å². The van der Waals surface area contributed by atoms with Crippen LogP contribution in [-0.2, 0) is 30.8 Å². The summed E-state index contributed by atoms with van der Waals surface area (Å²) in [6, 6.07) is 11.7. The minimum Gasteiger partial charge on any atom is -0.455 e. The molecule has 142 valence electrons. The third-order valence-corrected chi connectivity index (χ3v) is 6.57. The number of ether oxygens (including phenoxy) is 1. The van der Waals surface area contributed by atoms with Crippen LogP contribution in [0.3, 0.4) is 0 Å². The number of hydrogen-bond acceptors (Lipinski definition) is 7. The fourth-order valence-electron chi connectivity index (χ4n) is 2.02. The van der Waals surface area contributed by atoms with Crippen LogP contribution in [0.25, 0.3) is 0 Å². The van der Waals surface area contributed by atoms with Gasteiger partial charge in [0.25, 0.3) is 15.9 Å². The van der Waals surface area contributed by atoms with Crippen LogP contribution in [0, 0.1) is 11.3 Å². The molecule has 0 unspecified atom stereocenters. The highest BCUT2D eigenvalue weighted by Gasteiger charge is 2.24. The molecule has 10 heteroatoms. The van der Waals surface area contributed by atoms with Crippen molar-refractivity contribution in [1.29, 1.82) is 5.26 Å². The number of anilines is 1. The summed E-state index contributed by atoms with van der Waals surface area (Å²) in [5.41, 5.74) is 1.31. The fraction of sp³-hybridized carbons (Fsp3) is 0.235. The van der Waals surface area contributed by atoms with Crippen molar-refractivity contribution < 1.29 is 22.7 Å². The first kappa shape index (κ1) is 20.6. The van der Waals surface area contributed by atoms with E-state index >= 15 is 0 Å². The van der Waals surface area contributed by atoms with Gasteiger partial charge in [-0.05, 0) is 29.1 Å². The number of amides is 1. The standard InChI is InChI=1S/C17H17N3O5S2/c1-20(27(23,24)17-3-2-10-26-17)11-16(22)25-12-15(21)19-14-6-4-13(5-7-14)8-9-18/h2-7,10H,8,11-12H2,1H3,(H,19,21). The van der Waals surface area contributed by atoms with E-state index in [0.717, 1.165) is 21.2 Å². The first-order valence-electron chi connectivity index (χ1n) is 7.74. The van der Waals surface area contributed by atoms with Crippen LogP contribution in [0.4, 0.5) is 5.69 Å². The highest BCUT2D eigenvalue weighted by Crippen LogP contribution is 2.19. The Morgan fingerprint density at radius 3 is 2.56 bits per heavy atom. The van der Waals surface area contributed by atoms with Gasteiger partial charge >= 0.3 is 5.97 Å². The summed E-state index contributed by atoms with van der Waals surface area (Å²) in [4.78, 5) is 23.6. The van der Waals surface area contributed by atoms with Crippen LogP contribution in [0.2, 0.25) is 0 Å². The molecule has 0 aliphatic carbocycles. The molecule has 0 spiro atoms. The zero-order chi connectivity index (χ0) is 19.9. The maximum Gasteiger partial charge on any atom is 0.321 e. The largest absolute Gasteiger partial charge is 0.455 e. The quantitative estimate of drug-likeness (QED) is 0.665. The molecule has 1 N–H and O–H groups in total. The summed E-state index contributed by atoms with van der Waals surface area (Å²) in [6.45, 7) is -1.04. The second-order valence-electron chi connectivity index (χ2n) is 5.43. The van der Waals surface area contributed by atoms with Gasteiger partial charge < -0.3 is 10.1 Å². The number of thiophene rings is 1. The zero-order valence-corrected chi connectivity index (χ0v) is 16.0. The average molecular weight is 407 g/mol. The molecule has 0 saturated carbocycles. The second-order valence-corrected chi connectivity index (χ2v) is 8.65. The number of hydrogen-bond donors (Lipinski definition) is 1. The third-order valence-electron chi connectivity index (χ3n) is 3.40. The van der Waals surface area contributed by atoms with Crippen molar-refractivity contribution in [1.82, 2.24) is 4.31 Å². The van der Waals surface area contributed by atoms with Crippen molar-refractivity contribution in [2.75, 3.05) is 25.5 Å². The molecular weight excluding hydrogens is 390 g/mol. The van der Waals surface area contributed by atoms with Crippen molar-refractivity contribution in [3.8, 4) is 6.07 Å². The number of carbonyl (C=O) groups is 2. The van der Waals surface area contributed by atoms with Gasteiger partial charge in [-0.1, -0.05) is 18.2 Å². The highest BCUT2D eigenvalue weighted by molar-refractivity contribution is 7.91. The lowest BCUT2D eigenvalue weighted by molar-refractivity contribution is -0.147. The van der Waals surface area contributed by atoms with E-state index < -0.39 is 35.1 Å². The Kier molecular flexibility index (Phi) is 7.06. The summed E-state index contributed by atoms with van der Waals surface area (Å²) in [6.07, 6.45) is 0.272. The Bertz CT molecular complexity index is 932. The van der Waals surface area contributed by atoms with Crippen LogP contribution in [0.15, 0.2) is 46.0 Å². The number of nitrogens with one attached hydrogen (secondary N) is 1. The van der Waals surface area contributed by atoms with E-state index in [0.29, 0.717) is 5.69 Å². The van der Waals surface area contributed by atoms with E-state index in [2.05, 4.69) is 5.32 Å². The molecule has 27 heavy (non-hydrogen) atoms. The molecule has 0 saturated heterocycles. The second kappa shape index (κ2) is 9.27. The lowest BCUT2D eigenvalue weighted by Crippen LogP contribution is -2.33. The lowest BCUT2D eigenvalue weighted by Gasteiger charge is -2.15. The monoisotopic (exact) mass is 407 g/mol. The molecule has 8 nitrogen and oxygen atoms in total. The molecule has 2 rings (SSSR count). The molecular formula is C17H17N3O5S2. The maximum atomic E-state index is 12.2. The smallest absolute Gasteiger partial charge is 0.321 e. The molecule has 2 aromatic rings. The minimum atomic E-state index is -3.76. The van der Waals surface area contributed by atoms with E-state index in [4.69, 9.17) is 10.00 Å². The number of esters is 1. The SMILES string of the molecule is CN(CC(=O)OCC(=O)Nc1ccc(CC#N)cc1)S(=O)(=O)c1cccs1. The van der Waals surface area contributed by atoms with Crippen molar-refractivity contribution >= 4 is 38.9 Å². The first-order valence-corrected chi connectivity index (χ1v) is 10.1. The lowest BCUT2D eigenvalue weighted by atomic mass is 10.1. The third kappa shape index (κ3) is 5.89. The van der Waals surface area contributed by atoms with E-state index in [1.54, 1.807) is 35.7 Å². The van der Waals surface area contributed by atoms with Gasteiger partial charge in [-0.25, -0.2) is 8.42 Å². The van der Waals surface area contributed by atoms with Gasteiger partial charge in [0.1, 0.15) is 10.8 Å². The van der Waals surface area contributed by atoms with Crippen LogP contribution < -0.4 is 5.32 Å². The highest BCUT2D eigenvalue weighted by atomic mass is 32.2. The van der Waals surface area contributed by atoms with Crippen molar-refractivity contribution in [3.05, 3.63) is 47.3 Å². The van der Waals surface area contributed by atoms with Gasteiger partial charge in [-0.2, -0.15) is 9.57 Å². The maximum absolute atomic E-state index is 12.2. The molecule has 1 heterocycles. The Morgan fingerprint density at radius 1 is 1.26 bits per heavy atom. The zero-order valence-electron chi connectivity index (χ0n) is 14.4. The molecule has 0 aliphatic rings. The Labute approximate surface area is 161 Å². The number of nitrogens with zero attached hydrogens (tertiary/aromatic N) is 2. The van der Waals surface area contributed by atoms with Crippen LogP contribution in [-0.4, -0.2) is 44.8 Å². The van der Waals surface area contributed by atoms with Crippen molar-refractivity contribution in [3.63, 3.8) is 0 Å². The number of nitriles is 1. The Morgan fingerprint density at radius 2 is 1.96 bits per heavy atom. The summed E-state index contributed by atoms with van der Waals surface area (Å²) >= 11 is 1.05. The normalized spacial score (nSPS) is 11.0.